The molecule has 0 saturated heterocycles. The van der Waals surface area contributed by atoms with Crippen LogP contribution < -0.4 is 28.9 Å². The number of benzene rings is 4. The van der Waals surface area contributed by atoms with E-state index >= 15 is 0 Å². The van der Waals surface area contributed by atoms with E-state index < -0.39 is 63.7 Å². The molecule has 0 saturated carbocycles. The van der Waals surface area contributed by atoms with Gasteiger partial charge in [-0.2, -0.15) is 0 Å². The van der Waals surface area contributed by atoms with Crippen molar-refractivity contribution in [2.24, 2.45) is 0 Å². The van der Waals surface area contributed by atoms with Crippen molar-refractivity contribution in [3.63, 3.8) is 0 Å². The van der Waals surface area contributed by atoms with Crippen LogP contribution in [0.4, 0.5) is 0 Å². The Morgan fingerprint density at radius 3 is 0.753 bits per heavy atom. The van der Waals surface area contributed by atoms with Gasteiger partial charge < -0.3 is 9.97 Å². The topological polar surface area (TPSA) is 307 Å². The number of hydrogen-bond acceptors (Lipinski definition) is 14. The van der Waals surface area contributed by atoms with Crippen molar-refractivity contribution < 1.29 is 69.3 Å². The summed E-state index contributed by atoms with van der Waals surface area (Å²) >= 11 is 0. The van der Waals surface area contributed by atoms with Crippen molar-refractivity contribution in [3.8, 4) is 44.5 Å². The number of aromatic nitrogens is 4. The molecule has 0 fully saturated rings. The van der Waals surface area contributed by atoms with Crippen molar-refractivity contribution in [1.82, 2.24) is 38.8 Å². The van der Waals surface area contributed by atoms with E-state index in [1.807, 2.05) is 0 Å². The van der Waals surface area contributed by atoms with E-state index in [1.54, 1.807) is 156 Å². The molecule has 5 heterocycles. The fourth-order valence-corrected chi connectivity index (χ4v) is 18.8. The third-order valence-corrected chi connectivity index (χ3v) is 22.3. The van der Waals surface area contributed by atoms with Crippen molar-refractivity contribution in [1.29, 1.82) is 0 Å². The quantitative estimate of drug-likeness (QED) is 0.0827. The van der Waals surface area contributed by atoms with Crippen LogP contribution in [0.2, 0.25) is 0 Å². The van der Waals surface area contributed by atoms with Gasteiger partial charge >= 0.3 is 16.5 Å². The summed E-state index contributed by atoms with van der Waals surface area (Å²) in [5, 5.41) is 0. The molecule has 0 unspecified atom stereocenters. The Kier molecular flexibility index (Phi) is 17.9. The molecule has 89 heavy (non-hydrogen) atoms. The third-order valence-electron chi connectivity index (χ3n) is 15.4. The van der Waals surface area contributed by atoms with Crippen LogP contribution in [0, 0.1) is 83.1 Å². The van der Waals surface area contributed by atoms with Gasteiger partial charge in [0.15, 0.2) is 0 Å². The van der Waals surface area contributed by atoms with Crippen molar-refractivity contribution >= 4 is 110 Å². The van der Waals surface area contributed by atoms with Gasteiger partial charge in [-0.3, -0.25) is 19.2 Å². The zero-order valence-corrected chi connectivity index (χ0v) is 55.8. The van der Waals surface area contributed by atoms with Crippen LogP contribution in [-0.4, -0.2) is 67.3 Å². The molecular formula is C64H64N8NiO12S4. The Morgan fingerprint density at radius 1 is 0.315 bits per heavy atom. The normalized spacial score (nSPS) is 12.4. The van der Waals surface area contributed by atoms with Crippen LogP contribution in [0.3, 0.4) is 0 Å². The Bertz CT molecular complexity index is 4870. The number of fused-ring (bicyclic) bond motifs is 8. The van der Waals surface area contributed by atoms with E-state index in [9.17, 15) is 52.8 Å². The summed E-state index contributed by atoms with van der Waals surface area (Å²) in [6.45, 7) is 24.4. The molecule has 0 spiro atoms. The van der Waals surface area contributed by atoms with Gasteiger partial charge in [0, 0.05) is 33.3 Å². The zero-order valence-electron chi connectivity index (χ0n) is 51.6. The predicted octanol–water partition coefficient (Wildman–Crippen LogP) is 9.58. The van der Waals surface area contributed by atoms with Gasteiger partial charge in [0.05, 0.1) is 42.4 Å². The monoisotopic (exact) mass is 1320 g/mol. The summed E-state index contributed by atoms with van der Waals surface area (Å²) < 4.78 is 122. The number of nitrogens with one attached hydrogen (secondary N) is 4. The predicted molar refractivity (Wildman–Crippen MR) is 339 cm³/mol. The van der Waals surface area contributed by atoms with Gasteiger partial charge in [0.2, 0.25) is 23.6 Å². The van der Waals surface area contributed by atoms with Crippen molar-refractivity contribution in [2.75, 3.05) is 0 Å². The SMILES string of the molecule is CC(=O)NS(=O)(=O)c1c(C)cc(C)c(-c2c3nc(c(-c4c(C)cc(C)c(S(=O)(=O)NC(C)=O)c4C)c4ccc([n-]4)c(-c4c(C)cc(C)c(S(=O)(=O)NC(C)=O)c4C)c4ccc([n-]4)c(-c4c(C)cc(C)c(S(=O)(=O)NC(C)=O)c4C)c4nc2C=C4)C=C3)c1C.[Ni+2]. The first-order valence-corrected chi connectivity index (χ1v) is 33.5. The molecule has 0 atom stereocenters. The van der Waals surface area contributed by atoms with E-state index in [0.29, 0.717) is 89.0 Å². The first-order chi connectivity index (χ1) is 40.9. The number of sulfonamides is 4. The minimum absolute atomic E-state index is 0. The second-order valence-corrected chi connectivity index (χ2v) is 28.8. The number of hydrogen-bond donors (Lipinski definition) is 4. The molecule has 9 rings (SSSR count). The van der Waals surface area contributed by atoms with E-state index in [0.717, 1.165) is 27.7 Å². The molecule has 4 N–H and O–H groups in total. The van der Waals surface area contributed by atoms with Gasteiger partial charge in [0.1, 0.15) is 0 Å². The van der Waals surface area contributed by atoms with Crippen molar-refractivity contribution in [2.45, 2.75) is 130 Å². The molecule has 0 aliphatic carbocycles. The summed E-state index contributed by atoms with van der Waals surface area (Å²) in [5.74, 6) is -3.28. The molecule has 4 amide bonds. The Balaban J connectivity index is 0.0000102. The molecule has 4 aromatic carbocycles. The summed E-state index contributed by atoms with van der Waals surface area (Å²) in [6.07, 6.45) is 6.80. The maximum absolute atomic E-state index is 14.2. The van der Waals surface area contributed by atoms with Gasteiger partial charge in [-0.15, -0.1) is 22.1 Å². The number of rotatable bonds is 12. The second-order valence-electron chi connectivity index (χ2n) is 22.4. The molecular weight excluding hydrogens is 1260 g/mol. The molecule has 7 aromatic rings. The Morgan fingerprint density at radius 2 is 0.517 bits per heavy atom. The summed E-state index contributed by atoms with van der Waals surface area (Å²) in [6, 6.07) is 13.5. The second kappa shape index (κ2) is 23.9. The molecule has 25 heteroatoms. The van der Waals surface area contributed by atoms with Gasteiger partial charge in [-0.1, -0.05) is 48.5 Å². The standard InChI is InChI=1S/C64H66N8O12S4.Ni/c1-29-25-33(5)61(85(77,78)69-41(13)73)37(9)53(29)57-45-17-19-47(65-45)58(54-30(2)26-34(6)62(38(54)10)86(79,80)70-42(14)74)49-21-23-51(67-49)60(56-32(4)28-36(8)64(40(56)12)88(83,84)72-44(16)76)52-24-22-50(68-52)59(48-20-18-46(57)66-48)55-31(3)27-35(7)63(39(55)11)87(81,82)71-43(15)75;/h17-28H,1-16H3,(H6,65,66,67,68,69,70,71,72,73,74,75,76);/q;+2/p-2. The fraction of sp³-hybridized carbons (Fsp3) is 0.250. The van der Waals surface area contributed by atoms with Crippen molar-refractivity contribution in [3.05, 3.63) is 138 Å². The molecule has 2 aliphatic heterocycles. The van der Waals surface area contributed by atoms with E-state index in [2.05, 4.69) is 18.9 Å². The average Bonchev–Trinajstić information content (AvgIpc) is 1.76. The number of carbonyl (C=O) groups is 4. The molecule has 20 nitrogen and oxygen atoms in total. The average molecular weight is 1320 g/mol. The van der Waals surface area contributed by atoms with Crippen LogP contribution in [0.5, 0.6) is 0 Å². The summed E-state index contributed by atoms with van der Waals surface area (Å²) in [7, 11) is -18.0. The minimum atomic E-state index is -4.50. The maximum Gasteiger partial charge on any atom is 2.00 e. The van der Waals surface area contributed by atoms with Crippen LogP contribution in [0.1, 0.15) is 117 Å². The molecule has 466 valence electrons. The Labute approximate surface area is 527 Å². The third kappa shape index (κ3) is 12.0. The maximum atomic E-state index is 14.2. The van der Waals surface area contributed by atoms with Gasteiger partial charge in [-0.05, 0) is 213 Å². The minimum Gasteiger partial charge on any atom is -0.657 e. The van der Waals surface area contributed by atoms with E-state index in [4.69, 9.17) is 19.9 Å². The zero-order chi connectivity index (χ0) is 64.9. The largest absolute Gasteiger partial charge is 2.00 e. The first kappa shape index (κ1) is 66.6. The van der Waals surface area contributed by atoms with E-state index in [1.165, 1.54) is 0 Å². The van der Waals surface area contributed by atoms with Gasteiger partial charge in [0.25, 0.3) is 40.1 Å². The number of amides is 4. The smallest absolute Gasteiger partial charge is 0.657 e. The van der Waals surface area contributed by atoms with Crippen LogP contribution in [0.15, 0.2) is 68.1 Å². The fourth-order valence-electron chi connectivity index (χ4n) is 12.9. The number of carbonyl (C=O) groups excluding carboxylic acids is 4. The molecule has 3 aromatic heterocycles. The van der Waals surface area contributed by atoms with E-state index in [-0.39, 0.29) is 103 Å². The Hall–Kier alpha value is -8.35. The first-order valence-electron chi connectivity index (χ1n) is 27.5. The van der Waals surface area contributed by atoms with Crippen LogP contribution in [-0.2, 0) is 75.8 Å². The number of aryl methyl sites for hydroxylation is 8. The molecule has 8 bridgehead atoms. The van der Waals surface area contributed by atoms with Crippen LogP contribution >= 0.6 is 0 Å². The van der Waals surface area contributed by atoms with Gasteiger partial charge in [-0.25, -0.2) is 62.5 Å². The summed E-state index contributed by atoms with van der Waals surface area (Å²) in [4.78, 5) is 70.7. The molecule has 2 aliphatic rings. The molecule has 0 radical (unpaired) electrons. The summed E-state index contributed by atoms with van der Waals surface area (Å²) in [5.41, 5.74) is 9.31. The number of nitrogens with zero attached hydrogens (tertiary/aromatic N) is 4. The van der Waals surface area contributed by atoms with Crippen LogP contribution in [0.25, 0.3) is 90.9 Å².